The van der Waals surface area contributed by atoms with Gasteiger partial charge in [-0.15, -0.1) is 11.3 Å². The van der Waals surface area contributed by atoms with Crippen LogP contribution in [-0.2, 0) is 6.18 Å². The Bertz CT molecular complexity index is 1290. The van der Waals surface area contributed by atoms with Gasteiger partial charge < -0.3 is 5.32 Å². The summed E-state index contributed by atoms with van der Waals surface area (Å²) in [6.45, 7) is 1.59. The standard InChI is InChI=1S/C22H15F4N5OS/c1-12-19(15-3-2-4-16(18(15)23)22(24,25)26)30-21(33-12)31-20(32)13-5-7-14(8-6-13)29-17-9-10-27-11-28-17/h2-11H,1H3,(H,27,28,29)(H,30,31,32). The Kier molecular flexibility index (Phi) is 6.05. The molecule has 2 aromatic heterocycles. The Morgan fingerprint density at radius 2 is 1.82 bits per heavy atom. The number of nitrogens with one attached hydrogen (secondary N) is 2. The lowest BCUT2D eigenvalue weighted by molar-refractivity contribution is -0.139. The number of rotatable bonds is 5. The summed E-state index contributed by atoms with van der Waals surface area (Å²) in [7, 11) is 0. The van der Waals surface area contributed by atoms with Crippen LogP contribution in [0.25, 0.3) is 11.3 Å². The van der Waals surface area contributed by atoms with Crippen LogP contribution in [0.1, 0.15) is 20.8 Å². The molecule has 2 N–H and O–H groups in total. The van der Waals surface area contributed by atoms with Crippen LogP contribution in [0, 0.1) is 12.7 Å². The van der Waals surface area contributed by atoms with Gasteiger partial charge in [0, 0.05) is 27.9 Å². The number of benzene rings is 2. The summed E-state index contributed by atoms with van der Waals surface area (Å²) in [4.78, 5) is 25.1. The number of amides is 1. The number of alkyl halides is 3. The summed E-state index contributed by atoms with van der Waals surface area (Å²) in [5.74, 6) is -1.27. The quantitative estimate of drug-likeness (QED) is 0.344. The van der Waals surface area contributed by atoms with E-state index in [1.165, 1.54) is 12.4 Å². The molecular weight excluding hydrogens is 458 g/mol. The van der Waals surface area contributed by atoms with Gasteiger partial charge in [0.15, 0.2) is 5.13 Å². The molecule has 2 heterocycles. The molecule has 6 nitrogen and oxygen atoms in total. The lowest BCUT2D eigenvalue weighted by atomic mass is 10.1. The van der Waals surface area contributed by atoms with Gasteiger partial charge in [0.05, 0.1) is 11.3 Å². The molecule has 0 radical (unpaired) electrons. The Morgan fingerprint density at radius 1 is 1.06 bits per heavy atom. The van der Waals surface area contributed by atoms with Crippen molar-refractivity contribution >= 4 is 33.9 Å². The number of thiazole rings is 1. The van der Waals surface area contributed by atoms with Gasteiger partial charge in [-0.05, 0) is 49.4 Å². The molecule has 0 bridgehead atoms. The maximum absolute atomic E-state index is 14.5. The second-order valence-corrected chi connectivity index (χ2v) is 8.04. The van der Waals surface area contributed by atoms with Gasteiger partial charge in [-0.3, -0.25) is 10.1 Å². The Morgan fingerprint density at radius 3 is 2.48 bits per heavy atom. The maximum Gasteiger partial charge on any atom is 0.419 e. The average Bonchev–Trinajstić information content (AvgIpc) is 3.14. The van der Waals surface area contributed by atoms with Crippen molar-refractivity contribution in [3.05, 3.63) is 82.9 Å². The van der Waals surface area contributed by atoms with E-state index in [4.69, 9.17) is 0 Å². The summed E-state index contributed by atoms with van der Waals surface area (Å²) in [5, 5.41) is 5.81. The molecule has 33 heavy (non-hydrogen) atoms. The second kappa shape index (κ2) is 8.94. The first kappa shape index (κ1) is 22.3. The van der Waals surface area contributed by atoms with E-state index < -0.39 is 23.5 Å². The van der Waals surface area contributed by atoms with E-state index in [2.05, 4.69) is 25.6 Å². The van der Waals surface area contributed by atoms with Gasteiger partial charge in [0.2, 0.25) is 0 Å². The van der Waals surface area contributed by atoms with Gasteiger partial charge in [0.1, 0.15) is 18.0 Å². The third kappa shape index (κ3) is 4.98. The molecule has 11 heteroatoms. The van der Waals surface area contributed by atoms with E-state index in [0.717, 1.165) is 17.4 Å². The van der Waals surface area contributed by atoms with E-state index in [0.29, 0.717) is 28.0 Å². The van der Waals surface area contributed by atoms with Gasteiger partial charge in [-0.1, -0.05) is 6.07 Å². The number of hydrogen-bond acceptors (Lipinski definition) is 6. The first-order valence-electron chi connectivity index (χ1n) is 9.50. The number of carbonyl (C=O) groups is 1. The molecule has 2 aromatic carbocycles. The highest BCUT2D eigenvalue weighted by Crippen LogP contribution is 2.38. The molecule has 0 spiro atoms. The number of halogens is 4. The molecule has 0 atom stereocenters. The van der Waals surface area contributed by atoms with Crippen molar-refractivity contribution in [2.24, 2.45) is 0 Å². The molecule has 0 aliphatic carbocycles. The third-order valence-electron chi connectivity index (χ3n) is 4.58. The molecule has 0 unspecified atom stereocenters. The van der Waals surface area contributed by atoms with Gasteiger partial charge in [-0.25, -0.2) is 19.3 Å². The highest BCUT2D eigenvalue weighted by molar-refractivity contribution is 7.16. The fourth-order valence-electron chi connectivity index (χ4n) is 3.02. The zero-order valence-corrected chi connectivity index (χ0v) is 17.8. The first-order chi connectivity index (χ1) is 15.7. The van der Waals surface area contributed by atoms with Gasteiger partial charge in [-0.2, -0.15) is 13.2 Å². The molecule has 0 aliphatic heterocycles. The second-order valence-electron chi connectivity index (χ2n) is 6.84. The predicted molar refractivity (Wildman–Crippen MR) is 117 cm³/mol. The van der Waals surface area contributed by atoms with Crippen molar-refractivity contribution in [3.63, 3.8) is 0 Å². The Labute approximate surface area is 189 Å². The van der Waals surface area contributed by atoms with Crippen molar-refractivity contribution < 1.29 is 22.4 Å². The molecule has 0 saturated heterocycles. The summed E-state index contributed by atoms with van der Waals surface area (Å²) < 4.78 is 53.6. The van der Waals surface area contributed by atoms with Crippen LogP contribution in [0.15, 0.2) is 61.1 Å². The lowest BCUT2D eigenvalue weighted by Crippen LogP contribution is -2.11. The molecule has 1 amide bonds. The third-order valence-corrected chi connectivity index (χ3v) is 5.46. The molecule has 4 rings (SSSR count). The van der Waals surface area contributed by atoms with Gasteiger partial charge in [0.25, 0.3) is 5.91 Å². The monoisotopic (exact) mass is 473 g/mol. The van der Waals surface area contributed by atoms with Crippen molar-refractivity contribution in [2.45, 2.75) is 13.1 Å². The number of anilines is 3. The van der Waals surface area contributed by atoms with E-state index in [1.807, 2.05) is 0 Å². The molecule has 168 valence electrons. The van der Waals surface area contributed by atoms with E-state index >= 15 is 0 Å². The van der Waals surface area contributed by atoms with Gasteiger partial charge >= 0.3 is 6.18 Å². The minimum atomic E-state index is -4.82. The number of hydrogen-bond donors (Lipinski definition) is 2. The van der Waals surface area contributed by atoms with Crippen molar-refractivity contribution in [2.75, 3.05) is 10.6 Å². The Hall–Kier alpha value is -3.86. The average molecular weight is 473 g/mol. The van der Waals surface area contributed by atoms with E-state index in [9.17, 15) is 22.4 Å². The van der Waals surface area contributed by atoms with Crippen LogP contribution in [0.2, 0.25) is 0 Å². The molecule has 0 fully saturated rings. The normalized spacial score (nSPS) is 11.3. The molecular formula is C22H15F4N5OS. The predicted octanol–water partition coefficient (Wildman–Crippen LogP) is 6.06. The molecule has 4 aromatic rings. The number of carbonyl (C=O) groups excluding carboxylic acids is 1. The lowest BCUT2D eigenvalue weighted by Gasteiger charge is -2.10. The summed E-state index contributed by atoms with van der Waals surface area (Å²) in [6.07, 6.45) is -1.83. The minimum absolute atomic E-state index is 0.0447. The summed E-state index contributed by atoms with van der Waals surface area (Å²) in [5.41, 5.74) is -0.559. The topological polar surface area (TPSA) is 79.8 Å². The highest BCUT2D eigenvalue weighted by Gasteiger charge is 2.35. The molecule has 0 aliphatic rings. The van der Waals surface area contributed by atoms with Crippen LogP contribution < -0.4 is 10.6 Å². The number of aromatic nitrogens is 3. The first-order valence-corrected chi connectivity index (χ1v) is 10.3. The maximum atomic E-state index is 14.5. The summed E-state index contributed by atoms with van der Waals surface area (Å²) >= 11 is 1.04. The van der Waals surface area contributed by atoms with Crippen molar-refractivity contribution in [3.8, 4) is 11.3 Å². The van der Waals surface area contributed by atoms with Crippen LogP contribution in [0.5, 0.6) is 0 Å². The minimum Gasteiger partial charge on any atom is -0.340 e. The Balaban J connectivity index is 1.51. The van der Waals surface area contributed by atoms with E-state index in [-0.39, 0.29) is 16.4 Å². The van der Waals surface area contributed by atoms with Crippen molar-refractivity contribution in [1.29, 1.82) is 0 Å². The largest absolute Gasteiger partial charge is 0.419 e. The SMILES string of the molecule is Cc1sc(NC(=O)c2ccc(Nc3ccncn3)cc2)nc1-c1cccc(C(F)(F)F)c1F. The zero-order valence-electron chi connectivity index (χ0n) is 16.9. The van der Waals surface area contributed by atoms with Crippen molar-refractivity contribution in [1.82, 2.24) is 15.0 Å². The summed E-state index contributed by atoms with van der Waals surface area (Å²) in [6, 6.07) is 11.3. The van der Waals surface area contributed by atoms with Crippen LogP contribution in [0.4, 0.5) is 34.2 Å². The smallest absolute Gasteiger partial charge is 0.340 e. The fourth-order valence-corrected chi connectivity index (χ4v) is 3.84. The molecule has 0 saturated carbocycles. The number of nitrogens with zero attached hydrogens (tertiary/aromatic N) is 3. The van der Waals surface area contributed by atoms with E-state index in [1.54, 1.807) is 43.5 Å². The van der Waals surface area contributed by atoms with Crippen LogP contribution >= 0.6 is 11.3 Å². The zero-order chi connectivity index (χ0) is 23.6. The fraction of sp³-hybridized carbons (Fsp3) is 0.0909. The van der Waals surface area contributed by atoms with Crippen LogP contribution in [0.3, 0.4) is 0 Å². The number of aryl methyl sites for hydroxylation is 1. The highest BCUT2D eigenvalue weighted by atomic mass is 32.1. The van der Waals surface area contributed by atoms with Crippen LogP contribution in [-0.4, -0.2) is 20.9 Å².